The van der Waals surface area contributed by atoms with E-state index in [0.29, 0.717) is 32.0 Å². The fourth-order valence-electron chi connectivity index (χ4n) is 3.85. The third-order valence-electron chi connectivity index (χ3n) is 5.76. The summed E-state index contributed by atoms with van der Waals surface area (Å²) >= 11 is 0. The van der Waals surface area contributed by atoms with Gasteiger partial charge in [0.2, 0.25) is 15.9 Å². The summed E-state index contributed by atoms with van der Waals surface area (Å²) in [6.07, 6.45) is 5.14. The Bertz CT molecular complexity index is 795. The van der Waals surface area contributed by atoms with E-state index >= 15 is 0 Å². The van der Waals surface area contributed by atoms with Crippen LogP contribution in [0.4, 0.5) is 11.4 Å². The second-order valence-corrected chi connectivity index (χ2v) is 9.44. The van der Waals surface area contributed by atoms with E-state index in [1.54, 1.807) is 12.1 Å². The van der Waals surface area contributed by atoms with Gasteiger partial charge in [0.25, 0.3) is 0 Å². The van der Waals surface area contributed by atoms with Crippen molar-refractivity contribution in [3.05, 3.63) is 18.2 Å². The number of carbonyl (C=O) groups excluding carboxylic acids is 1. The van der Waals surface area contributed by atoms with E-state index in [-0.39, 0.29) is 16.7 Å². The van der Waals surface area contributed by atoms with E-state index in [9.17, 15) is 13.2 Å². The SMILES string of the molecule is O=C(Nc1cc(S(=O)(=O)N2CCOCC2)ccc1N1CCCC1)C1CCC1. The Morgan fingerprint density at radius 2 is 1.74 bits per heavy atom. The van der Waals surface area contributed by atoms with Crippen LogP contribution in [0.1, 0.15) is 32.1 Å². The highest BCUT2D eigenvalue weighted by atomic mass is 32.2. The number of rotatable bonds is 5. The molecule has 0 atom stereocenters. The van der Waals surface area contributed by atoms with Gasteiger partial charge in [-0.2, -0.15) is 4.31 Å². The first-order chi connectivity index (χ1) is 13.1. The molecule has 8 heteroatoms. The number of benzene rings is 1. The van der Waals surface area contributed by atoms with Gasteiger partial charge in [0.1, 0.15) is 0 Å². The zero-order valence-electron chi connectivity index (χ0n) is 15.5. The van der Waals surface area contributed by atoms with Gasteiger partial charge >= 0.3 is 0 Å². The summed E-state index contributed by atoms with van der Waals surface area (Å²) in [4.78, 5) is 15.0. The van der Waals surface area contributed by atoms with Crippen molar-refractivity contribution in [2.75, 3.05) is 49.6 Å². The average Bonchev–Trinajstić information content (AvgIpc) is 3.15. The number of sulfonamides is 1. The summed E-state index contributed by atoms with van der Waals surface area (Å²) in [5.74, 6) is 0.0542. The quantitative estimate of drug-likeness (QED) is 0.828. The third kappa shape index (κ3) is 3.83. The summed E-state index contributed by atoms with van der Waals surface area (Å²) in [5.41, 5.74) is 1.53. The standard InChI is InChI=1S/C19H27N3O4S/c23-19(15-4-3-5-15)20-17-14-16(6-7-18(17)21-8-1-2-9-21)27(24,25)22-10-12-26-13-11-22/h6-7,14-15H,1-5,8-13H2,(H,20,23). The van der Waals surface area contributed by atoms with Crippen molar-refractivity contribution in [1.82, 2.24) is 4.31 Å². The molecule has 3 aliphatic rings. The summed E-state index contributed by atoms with van der Waals surface area (Å²) in [6.45, 7) is 3.41. The van der Waals surface area contributed by atoms with E-state index in [2.05, 4.69) is 10.2 Å². The number of nitrogens with one attached hydrogen (secondary N) is 1. The number of ether oxygens (including phenoxy) is 1. The fourth-order valence-corrected chi connectivity index (χ4v) is 5.29. The number of anilines is 2. The molecule has 2 heterocycles. The molecular formula is C19H27N3O4S. The molecule has 1 aliphatic carbocycles. The maximum atomic E-state index is 13.0. The first kappa shape index (κ1) is 18.7. The first-order valence-electron chi connectivity index (χ1n) is 9.83. The average molecular weight is 394 g/mol. The summed E-state index contributed by atoms with van der Waals surface area (Å²) in [6, 6.07) is 5.14. The molecule has 1 amide bonds. The van der Waals surface area contributed by atoms with Crippen LogP contribution in [0.5, 0.6) is 0 Å². The molecule has 2 saturated heterocycles. The molecule has 27 heavy (non-hydrogen) atoms. The fraction of sp³-hybridized carbons (Fsp3) is 0.632. The van der Waals surface area contributed by atoms with E-state index < -0.39 is 10.0 Å². The maximum Gasteiger partial charge on any atom is 0.243 e. The second-order valence-electron chi connectivity index (χ2n) is 7.51. The minimum atomic E-state index is -3.59. The minimum Gasteiger partial charge on any atom is -0.379 e. The van der Waals surface area contributed by atoms with Crippen molar-refractivity contribution in [2.24, 2.45) is 5.92 Å². The molecule has 148 valence electrons. The smallest absolute Gasteiger partial charge is 0.243 e. The van der Waals surface area contributed by atoms with Crippen LogP contribution in [0.15, 0.2) is 23.1 Å². The molecule has 0 spiro atoms. The molecule has 4 rings (SSSR count). The Morgan fingerprint density at radius 1 is 1.04 bits per heavy atom. The highest BCUT2D eigenvalue weighted by molar-refractivity contribution is 7.89. The van der Waals surface area contributed by atoms with Gasteiger partial charge in [0, 0.05) is 32.1 Å². The van der Waals surface area contributed by atoms with Crippen molar-refractivity contribution in [3.8, 4) is 0 Å². The number of carbonyl (C=O) groups is 1. The second kappa shape index (κ2) is 7.77. The van der Waals surface area contributed by atoms with Gasteiger partial charge in [-0.25, -0.2) is 8.42 Å². The minimum absolute atomic E-state index is 0.00242. The largest absolute Gasteiger partial charge is 0.379 e. The molecular weight excluding hydrogens is 366 g/mol. The first-order valence-corrected chi connectivity index (χ1v) is 11.3. The molecule has 0 radical (unpaired) electrons. The molecule has 1 saturated carbocycles. The van der Waals surface area contributed by atoms with Crippen LogP contribution >= 0.6 is 0 Å². The van der Waals surface area contributed by atoms with Crippen molar-refractivity contribution < 1.29 is 17.9 Å². The normalized spacial score (nSPS) is 21.9. The van der Waals surface area contributed by atoms with Gasteiger partial charge in [-0.3, -0.25) is 4.79 Å². The Hall–Kier alpha value is -1.64. The summed E-state index contributed by atoms with van der Waals surface area (Å²) < 4.78 is 32.7. The monoisotopic (exact) mass is 393 g/mol. The number of amides is 1. The van der Waals surface area contributed by atoms with E-state index in [4.69, 9.17) is 4.74 Å². The van der Waals surface area contributed by atoms with Gasteiger partial charge in [-0.1, -0.05) is 6.42 Å². The predicted molar refractivity (Wildman–Crippen MR) is 103 cm³/mol. The topological polar surface area (TPSA) is 79.0 Å². The molecule has 0 bridgehead atoms. The number of hydrogen-bond acceptors (Lipinski definition) is 5. The molecule has 1 N–H and O–H groups in total. The highest BCUT2D eigenvalue weighted by Gasteiger charge is 2.30. The number of nitrogens with zero attached hydrogens (tertiary/aromatic N) is 2. The third-order valence-corrected chi connectivity index (χ3v) is 7.65. The van der Waals surface area contributed by atoms with Gasteiger partial charge in [0.05, 0.1) is 29.5 Å². The Morgan fingerprint density at radius 3 is 2.37 bits per heavy atom. The molecule has 2 aliphatic heterocycles. The van der Waals surface area contributed by atoms with Gasteiger partial charge < -0.3 is 15.0 Å². The summed E-state index contributed by atoms with van der Waals surface area (Å²) in [5, 5.41) is 3.02. The van der Waals surface area contributed by atoms with Crippen LogP contribution in [0.2, 0.25) is 0 Å². The number of hydrogen-bond donors (Lipinski definition) is 1. The Labute approximate surface area is 160 Å². The summed E-state index contributed by atoms with van der Waals surface area (Å²) in [7, 11) is -3.59. The van der Waals surface area contributed by atoms with Crippen molar-refractivity contribution in [1.29, 1.82) is 0 Å². The lowest BCUT2D eigenvalue weighted by atomic mass is 9.85. The lowest BCUT2D eigenvalue weighted by Crippen LogP contribution is -2.40. The molecule has 0 unspecified atom stereocenters. The zero-order valence-corrected chi connectivity index (χ0v) is 16.3. The van der Waals surface area contributed by atoms with Crippen molar-refractivity contribution >= 4 is 27.3 Å². The van der Waals surface area contributed by atoms with Crippen molar-refractivity contribution in [2.45, 2.75) is 37.0 Å². The van der Waals surface area contributed by atoms with E-state index in [1.807, 2.05) is 6.07 Å². The van der Waals surface area contributed by atoms with Crippen LogP contribution in [-0.2, 0) is 19.6 Å². The van der Waals surface area contributed by atoms with Crippen LogP contribution in [0, 0.1) is 5.92 Å². The van der Waals surface area contributed by atoms with Crippen molar-refractivity contribution in [3.63, 3.8) is 0 Å². The number of morpholine rings is 1. The van der Waals surface area contributed by atoms with Crippen LogP contribution < -0.4 is 10.2 Å². The van der Waals surface area contributed by atoms with E-state index in [1.165, 1.54) is 4.31 Å². The van der Waals surface area contributed by atoms with Crippen LogP contribution in [0.25, 0.3) is 0 Å². The molecule has 0 aromatic heterocycles. The van der Waals surface area contributed by atoms with Crippen LogP contribution in [-0.4, -0.2) is 58.0 Å². The molecule has 1 aromatic rings. The lowest BCUT2D eigenvalue weighted by molar-refractivity contribution is -0.122. The van der Waals surface area contributed by atoms with E-state index in [0.717, 1.165) is 50.9 Å². The zero-order chi connectivity index (χ0) is 18.9. The molecule has 3 fully saturated rings. The molecule has 1 aromatic carbocycles. The maximum absolute atomic E-state index is 13.0. The van der Waals surface area contributed by atoms with Gasteiger partial charge in [-0.05, 0) is 43.9 Å². The Balaban J connectivity index is 1.64. The van der Waals surface area contributed by atoms with Crippen LogP contribution in [0.3, 0.4) is 0 Å². The lowest BCUT2D eigenvalue weighted by Gasteiger charge is -2.28. The highest BCUT2D eigenvalue weighted by Crippen LogP contribution is 2.34. The predicted octanol–water partition coefficient (Wildman–Crippen LogP) is 2.05. The Kier molecular flexibility index (Phi) is 5.39. The van der Waals surface area contributed by atoms with Gasteiger partial charge in [0.15, 0.2) is 0 Å². The van der Waals surface area contributed by atoms with Gasteiger partial charge in [-0.15, -0.1) is 0 Å². The molecule has 7 nitrogen and oxygen atoms in total.